The van der Waals surface area contributed by atoms with Crippen molar-refractivity contribution in [3.8, 4) is 0 Å². The summed E-state index contributed by atoms with van der Waals surface area (Å²) in [6.45, 7) is 13.4. The van der Waals surface area contributed by atoms with Crippen molar-refractivity contribution in [3.63, 3.8) is 0 Å². The molecule has 3 saturated carbocycles. The molecule has 5 aliphatic rings. The fourth-order valence-electron chi connectivity index (χ4n) is 7.94. The Morgan fingerprint density at radius 1 is 0.567 bits per heavy atom. The maximum absolute atomic E-state index is 11.3. The summed E-state index contributed by atoms with van der Waals surface area (Å²) in [6.07, 6.45) is 1.25. The smallest absolute Gasteiger partial charge is 0.170 e. The molecular weight excluding hydrogens is 384 g/mol. The molecule has 172 valence electrons. The molecule has 3 aliphatic carbocycles. The normalized spacial score (nSPS) is 56.8. The van der Waals surface area contributed by atoms with Crippen LogP contribution in [0.25, 0.3) is 0 Å². The first-order chi connectivity index (χ1) is 13.8. The Balaban J connectivity index is 1.38. The van der Waals surface area contributed by atoms with Gasteiger partial charge in [-0.3, -0.25) is 0 Å². The van der Waals surface area contributed by atoms with Gasteiger partial charge in [0.15, 0.2) is 11.6 Å². The molecule has 2 heterocycles. The van der Waals surface area contributed by atoms with Crippen molar-refractivity contribution in [1.29, 1.82) is 0 Å². The minimum Gasteiger partial charge on any atom is -0.387 e. The van der Waals surface area contributed by atoms with Gasteiger partial charge in [0.2, 0.25) is 0 Å². The molecule has 5 fully saturated rings. The van der Waals surface area contributed by atoms with Gasteiger partial charge in [-0.15, -0.1) is 0 Å². The lowest BCUT2D eigenvalue weighted by atomic mass is 9.70. The summed E-state index contributed by atoms with van der Waals surface area (Å²) >= 11 is 0. The summed E-state index contributed by atoms with van der Waals surface area (Å²) < 4.78 is 25.8. The third-order valence-electron chi connectivity index (χ3n) is 8.01. The number of aliphatic hydroxyl groups excluding tert-OH is 2. The van der Waals surface area contributed by atoms with Crippen LogP contribution in [0, 0.1) is 22.7 Å². The number of hydrogen-bond acceptors (Lipinski definition) is 6. The van der Waals surface area contributed by atoms with E-state index >= 15 is 0 Å². The second-order valence-corrected chi connectivity index (χ2v) is 12.8. The monoisotopic (exact) mass is 424 g/mol. The van der Waals surface area contributed by atoms with Crippen molar-refractivity contribution < 1.29 is 29.2 Å². The third-order valence-corrected chi connectivity index (χ3v) is 8.01. The van der Waals surface area contributed by atoms with Crippen LogP contribution >= 0.6 is 0 Å². The van der Waals surface area contributed by atoms with Crippen molar-refractivity contribution in [2.45, 2.75) is 128 Å². The van der Waals surface area contributed by atoms with Crippen LogP contribution in [-0.4, -0.2) is 58.4 Å². The zero-order chi connectivity index (χ0) is 21.7. The summed E-state index contributed by atoms with van der Waals surface area (Å²) in [5.41, 5.74) is 0.190. The van der Waals surface area contributed by atoms with Gasteiger partial charge in [0.05, 0.1) is 0 Å². The lowest BCUT2D eigenvalue weighted by Crippen LogP contribution is -2.61. The van der Waals surface area contributed by atoms with E-state index in [1.54, 1.807) is 0 Å². The van der Waals surface area contributed by atoms with Gasteiger partial charge in [0, 0.05) is 25.7 Å². The Bertz CT molecular complexity index is 607. The van der Waals surface area contributed by atoms with E-state index in [-0.39, 0.29) is 10.8 Å². The van der Waals surface area contributed by atoms with Crippen molar-refractivity contribution >= 4 is 0 Å². The lowest BCUT2D eigenvalue weighted by Gasteiger charge is -2.45. The van der Waals surface area contributed by atoms with Crippen molar-refractivity contribution in [2.24, 2.45) is 22.7 Å². The molecule has 6 heteroatoms. The van der Waals surface area contributed by atoms with Gasteiger partial charge in [-0.2, -0.15) is 0 Å². The van der Waals surface area contributed by atoms with Crippen molar-refractivity contribution in [1.82, 2.24) is 0 Å². The van der Waals surface area contributed by atoms with E-state index < -0.39 is 48.2 Å². The van der Waals surface area contributed by atoms with E-state index in [1.807, 2.05) is 0 Å². The zero-order valence-corrected chi connectivity index (χ0v) is 19.4. The summed E-state index contributed by atoms with van der Waals surface area (Å²) in [7, 11) is 0. The van der Waals surface area contributed by atoms with Crippen LogP contribution in [0.3, 0.4) is 0 Å². The van der Waals surface area contributed by atoms with E-state index in [2.05, 4.69) is 41.5 Å². The molecule has 0 amide bonds. The minimum atomic E-state index is -0.872. The summed E-state index contributed by atoms with van der Waals surface area (Å²) in [6, 6.07) is 0. The molecule has 0 aromatic rings. The number of ether oxygens (including phenoxy) is 4. The predicted molar refractivity (Wildman–Crippen MR) is 111 cm³/mol. The summed E-state index contributed by atoms with van der Waals surface area (Å²) in [5, 5.41) is 22.5. The number of fused-ring (bicyclic) bond motifs is 2. The molecule has 30 heavy (non-hydrogen) atoms. The highest BCUT2D eigenvalue weighted by Gasteiger charge is 2.67. The quantitative estimate of drug-likeness (QED) is 0.621. The van der Waals surface area contributed by atoms with E-state index in [4.69, 9.17) is 18.9 Å². The van der Waals surface area contributed by atoms with Crippen LogP contribution in [-0.2, 0) is 18.9 Å². The van der Waals surface area contributed by atoms with Crippen LogP contribution in [0.5, 0.6) is 0 Å². The highest BCUT2D eigenvalue weighted by molar-refractivity contribution is 5.11. The maximum Gasteiger partial charge on any atom is 0.170 e. The molecule has 2 aliphatic heterocycles. The van der Waals surface area contributed by atoms with Crippen LogP contribution < -0.4 is 0 Å². The molecule has 4 unspecified atom stereocenters. The summed E-state index contributed by atoms with van der Waals surface area (Å²) in [5.74, 6) is -0.555. The van der Waals surface area contributed by atoms with Crippen LogP contribution in [0.2, 0.25) is 0 Å². The molecule has 2 saturated heterocycles. The Labute approximate surface area is 180 Å². The van der Waals surface area contributed by atoms with Crippen molar-refractivity contribution in [2.75, 3.05) is 0 Å². The average molecular weight is 425 g/mol. The molecule has 0 aromatic carbocycles. The average Bonchev–Trinajstić information content (AvgIpc) is 3.08. The van der Waals surface area contributed by atoms with Gasteiger partial charge in [-0.1, -0.05) is 41.5 Å². The molecule has 5 rings (SSSR count). The summed E-state index contributed by atoms with van der Waals surface area (Å²) in [4.78, 5) is 0. The van der Waals surface area contributed by atoms with Crippen molar-refractivity contribution in [3.05, 3.63) is 0 Å². The van der Waals surface area contributed by atoms with Gasteiger partial charge >= 0.3 is 0 Å². The number of rotatable bonds is 0. The zero-order valence-electron chi connectivity index (χ0n) is 19.4. The molecular formula is C24H40O6. The van der Waals surface area contributed by atoms with E-state index in [1.165, 1.54) is 0 Å². The molecule has 0 radical (unpaired) electrons. The largest absolute Gasteiger partial charge is 0.387 e. The van der Waals surface area contributed by atoms with Crippen LogP contribution in [0.1, 0.15) is 80.1 Å². The number of hydrogen-bond donors (Lipinski definition) is 2. The number of aliphatic hydroxyl groups is 2. The second kappa shape index (κ2) is 6.64. The second-order valence-electron chi connectivity index (χ2n) is 12.8. The first kappa shape index (κ1) is 21.6. The fourth-order valence-corrected chi connectivity index (χ4v) is 7.94. The van der Waals surface area contributed by atoms with E-state index in [0.717, 1.165) is 38.5 Å². The minimum absolute atomic E-state index is 0.0951. The maximum atomic E-state index is 11.3. The lowest BCUT2D eigenvalue weighted by molar-refractivity contribution is -0.247. The standard InChI is InChI=1S/C24H40O6/c1-13-7-21(3,4)11-23(9-13)27-17-15(25)19-20(16(26)18(17)28-23)30-24(29-19)10-14(2)8-22(5,6)12-24/h13-20,25-26H,7-12H2,1-6H3/t13?,14?,15-,16-,17-,18-,19-,20+,23?,24?/m0/s1. The van der Waals surface area contributed by atoms with E-state index in [9.17, 15) is 10.2 Å². The molecule has 2 spiro atoms. The third kappa shape index (κ3) is 3.46. The first-order valence-corrected chi connectivity index (χ1v) is 11.9. The highest BCUT2D eigenvalue weighted by Crippen LogP contribution is 2.56. The van der Waals surface area contributed by atoms with Gasteiger partial charge in [-0.05, 0) is 35.5 Å². The Morgan fingerprint density at radius 3 is 1.13 bits per heavy atom. The van der Waals surface area contributed by atoms with Gasteiger partial charge < -0.3 is 29.2 Å². The van der Waals surface area contributed by atoms with Gasteiger partial charge in [0.1, 0.15) is 36.6 Å². The SMILES string of the molecule is CC1CC(C)(C)CC2(C1)O[C@@H]1[C@@H](O)[C@@H]3OC4(CC(C)CC(C)(C)C4)O[C@H]3[C@H](O)[C@@H]1O2. The Morgan fingerprint density at radius 2 is 0.867 bits per heavy atom. The topological polar surface area (TPSA) is 77.4 Å². The predicted octanol–water partition coefficient (Wildman–Crippen LogP) is 3.37. The highest BCUT2D eigenvalue weighted by atomic mass is 16.8. The fraction of sp³-hybridized carbons (Fsp3) is 1.00. The van der Waals surface area contributed by atoms with Gasteiger partial charge in [-0.25, -0.2) is 0 Å². The molecule has 6 nitrogen and oxygen atoms in total. The molecule has 0 aromatic heterocycles. The Kier molecular flexibility index (Phi) is 4.78. The first-order valence-electron chi connectivity index (χ1n) is 11.9. The van der Waals surface area contributed by atoms with E-state index in [0.29, 0.717) is 11.8 Å². The molecule has 0 bridgehead atoms. The van der Waals surface area contributed by atoms with Crippen LogP contribution in [0.4, 0.5) is 0 Å². The Hall–Kier alpha value is -0.240. The van der Waals surface area contributed by atoms with Gasteiger partial charge in [0.25, 0.3) is 0 Å². The van der Waals surface area contributed by atoms with Crippen LogP contribution in [0.15, 0.2) is 0 Å². The molecule has 10 atom stereocenters. The molecule has 2 N–H and O–H groups in total.